The molecule has 0 bridgehead atoms. The first kappa shape index (κ1) is 12.7. The molecule has 2 rings (SSSR count). The quantitative estimate of drug-likeness (QED) is 0.808. The predicted molar refractivity (Wildman–Crippen MR) is 66.6 cm³/mol. The van der Waals surface area contributed by atoms with Crippen molar-refractivity contribution in [3.8, 4) is 5.75 Å². The van der Waals surface area contributed by atoms with Crippen LogP contribution in [0.5, 0.6) is 5.75 Å². The van der Waals surface area contributed by atoms with Gasteiger partial charge < -0.3 is 15.2 Å². The monoisotopic (exact) mass is 275 g/mol. The second kappa shape index (κ2) is 4.48. The van der Waals surface area contributed by atoms with E-state index in [9.17, 15) is 9.90 Å². The topological polar surface area (TPSA) is 58.6 Å². The Kier molecular flexibility index (Phi) is 3.34. The summed E-state index contributed by atoms with van der Waals surface area (Å²) in [4.78, 5) is 12.2. The molecule has 1 amide bonds. The van der Waals surface area contributed by atoms with Gasteiger partial charge in [0.25, 0.3) is 0 Å². The van der Waals surface area contributed by atoms with Crippen LogP contribution < -0.4 is 10.1 Å². The Morgan fingerprint density at radius 1 is 1.71 bits per heavy atom. The Labute approximate surface area is 109 Å². The third-order valence-electron chi connectivity index (χ3n) is 2.78. The van der Waals surface area contributed by atoms with E-state index in [2.05, 4.69) is 5.32 Å². The Morgan fingerprint density at radius 3 is 3.06 bits per heavy atom. The number of hydrogen-bond donors (Lipinski definition) is 2. The molecule has 2 atom stereocenters. The number of fused-ring (bicyclic) bond motifs is 1. The maximum absolute atomic E-state index is 11.4. The number of aliphatic hydroxyl groups is 1. The average Bonchev–Trinajstić information content (AvgIpc) is 2.71. The second-order valence-electron chi connectivity index (χ2n) is 4.48. The average molecular weight is 276 g/mol. The third-order valence-corrected chi connectivity index (χ3v) is 4.00. The molecule has 0 spiro atoms. The fraction of sp³-hybridized carbons (Fsp3) is 0.545. The maximum atomic E-state index is 11.4. The van der Waals surface area contributed by atoms with Crippen molar-refractivity contribution in [3.63, 3.8) is 0 Å². The summed E-state index contributed by atoms with van der Waals surface area (Å²) in [5.41, 5.74) is -0.738. The summed E-state index contributed by atoms with van der Waals surface area (Å²) in [5.74, 6) is 0.295. The molecule has 17 heavy (non-hydrogen) atoms. The molecule has 0 saturated heterocycles. The summed E-state index contributed by atoms with van der Waals surface area (Å²) < 4.78 is 5.69. The van der Waals surface area contributed by atoms with Gasteiger partial charge in [-0.3, -0.25) is 4.79 Å². The van der Waals surface area contributed by atoms with Crippen LogP contribution in [0.25, 0.3) is 0 Å². The lowest BCUT2D eigenvalue weighted by Gasteiger charge is -2.40. The Morgan fingerprint density at radius 2 is 2.41 bits per heavy atom. The minimum absolute atomic E-state index is 0.120. The van der Waals surface area contributed by atoms with Crippen LogP contribution in [0.2, 0.25) is 0 Å². The largest absolute Gasteiger partial charge is 0.484 e. The molecule has 1 aliphatic heterocycles. The van der Waals surface area contributed by atoms with Crippen molar-refractivity contribution in [2.24, 2.45) is 0 Å². The number of thiophene rings is 1. The molecule has 94 valence electrons. The van der Waals surface area contributed by atoms with Gasteiger partial charge in [-0.05, 0) is 25.3 Å². The van der Waals surface area contributed by atoms with Crippen molar-refractivity contribution in [1.82, 2.24) is 5.32 Å². The molecule has 4 nitrogen and oxygen atoms in total. The molecule has 0 aromatic carbocycles. The van der Waals surface area contributed by atoms with E-state index in [4.69, 9.17) is 16.3 Å². The van der Waals surface area contributed by atoms with Gasteiger partial charge in [0.15, 0.2) is 0 Å². The van der Waals surface area contributed by atoms with Crippen LogP contribution >= 0.6 is 22.9 Å². The number of rotatable bonds is 2. The van der Waals surface area contributed by atoms with E-state index in [1.165, 1.54) is 11.3 Å². The lowest BCUT2D eigenvalue weighted by atomic mass is 9.91. The fourth-order valence-corrected chi connectivity index (χ4v) is 2.84. The van der Waals surface area contributed by atoms with Crippen molar-refractivity contribution >= 4 is 28.8 Å². The van der Waals surface area contributed by atoms with E-state index in [0.717, 1.165) is 4.88 Å². The molecule has 2 N–H and O–H groups in total. The van der Waals surface area contributed by atoms with Gasteiger partial charge in [0, 0.05) is 0 Å². The molecule has 1 aromatic rings. The third kappa shape index (κ3) is 2.27. The molecule has 1 aromatic heterocycles. The van der Waals surface area contributed by atoms with Crippen molar-refractivity contribution in [3.05, 3.63) is 16.3 Å². The number of alkyl halides is 1. The van der Waals surface area contributed by atoms with E-state index in [0.29, 0.717) is 5.75 Å². The molecule has 6 heteroatoms. The normalized spacial score (nSPS) is 25.9. The Bertz CT molecular complexity index is 432. The summed E-state index contributed by atoms with van der Waals surface area (Å²) in [6.45, 7) is 3.58. The van der Waals surface area contributed by atoms with Crippen molar-refractivity contribution in [1.29, 1.82) is 0 Å². The number of halogens is 1. The highest BCUT2D eigenvalue weighted by Crippen LogP contribution is 2.42. The minimum atomic E-state index is -0.805. The van der Waals surface area contributed by atoms with Crippen LogP contribution in [0.3, 0.4) is 0 Å². The first-order chi connectivity index (χ1) is 7.95. The highest BCUT2D eigenvalue weighted by Gasteiger charge is 2.44. The molecule has 2 heterocycles. The smallest absolute Gasteiger partial charge is 0.235 e. The second-order valence-corrected chi connectivity index (χ2v) is 5.69. The maximum Gasteiger partial charge on any atom is 0.235 e. The molecule has 0 saturated carbocycles. The number of ether oxygens (including phenoxy) is 1. The van der Waals surface area contributed by atoms with Gasteiger partial charge in [-0.1, -0.05) is 0 Å². The summed E-state index contributed by atoms with van der Waals surface area (Å²) in [5, 5.41) is 14.8. The minimum Gasteiger partial charge on any atom is -0.484 e. The molecular formula is C11H14ClNO3S. The van der Waals surface area contributed by atoms with Crippen molar-refractivity contribution < 1.29 is 14.6 Å². The number of carbonyl (C=O) groups is 1. The number of amides is 1. The van der Waals surface area contributed by atoms with Gasteiger partial charge in [0.2, 0.25) is 5.91 Å². The molecular weight excluding hydrogens is 262 g/mol. The lowest BCUT2D eigenvalue weighted by Crippen LogP contribution is -2.53. The fourth-order valence-electron chi connectivity index (χ4n) is 1.87. The van der Waals surface area contributed by atoms with E-state index in [1.54, 1.807) is 13.8 Å². The van der Waals surface area contributed by atoms with Gasteiger partial charge in [0.1, 0.15) is 23.3 Å². The standard InChI is InChI=1S/C11H14ClNO3S/c1-11(2)10(15)8(13-7(14)5-12)9-6(16-11)3-4-17-9/h3-4,8,10,15H,5H2,1-2H3,(H,13,14)/t8-,10+/m1/s1. The molecule has 0 unspecified atom stereocenters. The lowest BCUT2D eigenvalue weighted by molar-refractivity contribution is -0.123. The highest BCUT2D eigenvalue weighted by molar-refractivity contribution is 7.10. The van der Waals surface area contributed by atoms with Crippen LogP contribution in [0.4, 0.5) is 0 Å². The Balaban J connectivity index is 2.33. The summed E-state index contributed by atoms with van der Waals surface area (Å²) >= 11 is 6.92. The highest BCUT2D eigenvalue weighted by atomic mass is 35.5. The van der Waals surface area contributed by atoms with Crippen LogP contribution in [-0.4, -0.2) is 28.6 Å². The van der Waals surface area contributed by atoms with E-state index in [-0.39, 0.29) is 11.8 Å². The summed E-state index contributed by atoms with van der Waals surface area (Å²) in [6.07, 6.45) is -0.805. The van der Waals surface area contributed by atoms with Gasteiger partial charge in [-0.25, -0.2) is 0 Å². The zero-order valence-electron chi connectivity index (χ0n) is 9.57. The first-order valence-corrected chi connectivity index (χ1v) is 6.67. The van der Waals surface area contributed by atoms with Crippen LogP contribution in [0.15, 0.2) is 11.4 Å². The zero-order valence-corrected chi connectivity index (χ0v) is 11.1. The van der Waals surface area contributed by atoms with Crippen LogP contribution in [0, 0.1) is 0 Å². The van der Waals surface area contributed by atoms with Crippen molar-refractivity contribution in [2.45, 2.75) is 31.6 Å². The summed E-state index contributed by atoms with van der Waals surface area (Å²) in [7, 11) is 0. The van der Waals surface area contributed by atoms with Crippen LogP contribution in [0.1, 0.15) is 24.8 Å². The Hall–Kier alpha value is -0.780. The number of carbonyl (C=O) groups excluding carboxylic acids is 1. The van der Waals surface area contributed by atoms with E-state index < -0.39 is 17.7 Å². The van der Waals surface area contributed by atoms with Crippen LogP contribution in [-0.2, 0) is 4.79 Å². The van der Waals surface area contributed by atoms with E-state index >= 15 is 0 Å². The van der Waals surface area contributed by atoms with Gasteiger partial charge in [-0.15, -0.1) is 22.9 Å². The zero-order chi connectivity index (χ0) is 12.6. The van der Waals surface area contributed by atoms with Gasteiger partial charge in [0.05, 0.1) is 10.9 Å². The number of aliphatic hydroxyl groups excluding tert-OH is 1. The summed E-state index contributed by atoms with van der Waals surface area (Å²) in [6, 6.07) is 1.38. The molecule has 0 fully saturated rings. The van der Waals surface area contributed by atoms with E-state index in [1.807, 2.05) is 11.4 Å². The van der Waals surface area contributed by atoms with Gasteiger partial charge in [-0.2, -0.15) is 0 Å². The molecule has 0 radical (unpaired) electrons. The molecule has 0 aliphatic carbocycles. The molecule has 1 aliphatic rings. The van der Waals surface area contributed by atoms with Crippen molar-refractivity contribution in [2.75, 3.05) is 5.88 Å². The number of hydrogen-bond acceptors (Lipinski definition) is 4. The first-order valence-electron chi connectivity index (χ1n) is 5.25. The van der Waals surface area contributed by atoms with Gasteiger partial charge >= 0.3 is 0 Å². The predicted octanol–water partition coefficient (Wildman–Crippen LogP) is 1.68. The number of nitrogens with one attached hydrogen (secondary N) is 1. The SMILES string of the molecule is CC1(C)Oc2ccsc2[C@@H](NC(=O)CCl)[C@@H]1O.